The van der Waals surface area contributed by atoms with Crippen molar-refractivity contribution in [3.05, 3.63) is 64.9 Å². The van der Waals surface area contributed by atoms with Crippen LogP contribution in [0.4, 0.5) is 0 Å². The zero-order valence-corrected chi connectivity index (χ0v) is 14.6. The molecule has 0 saturated heterocycles. The summed E-state index contributed by atoms with van der Waals surface area (Å²) in [6.07, 6.45) is 9.48. The monoisotopic (exact) mass is 370 g/mol. The van der Waals surface area contributed by atoms with E-state index in [2.05, 4.69) is 67.4 Å². The summed E-state index contributed by atoms with van der Waals surface area (Å²) in [6.45, 7) is 2.93. The molecule has 0 fully saturated rings. The maximum Gasteiger partial charge on any atom is 0.124 e. The van der Waals surface area contributed by atoms with Crippen LogP contribution in [-0.2, 0) is 13.0 Å². The molecular weight excluding hydrogens is 352 g/mol. The number of hydrogen-bond acceptors (Lipinski definition) is 4. The molecule has 2 heterocycles. The molecular formula is C18H19BrN4. The molecule has 23 heavy (non-hydrogen) atoms. The van der Waals surface area contributed by atoms with Crippen LogP contribution in [0.1, 0.15) is 24.6 Å². The molecule has 0 bridgehead atoms. The SMILES string of the molecule is CC(CCc1cncc2ccccc12)NCc1cnc(Br)cn1. The number of benzene rings is 1. The Hall–Kier alpha value is -1.85. The topological polar surface area (TPSA) is 50.7 Å². The summed E-state index contributed by atoms with van der Waals surface area (Å²) >= 11 is 3.30. The van der Waals surface area contributed by atoms with Gasteiger partial charge in [-0.05, 0) is 46.6 Å². The molecule has 118 valence electrons. The first-order valence-electron chi connectivity index (χ1n) is 7.74. The third-order valence-electron chi connectivity index (χ3n) is 3.90. The number of pyridine rings is 1. The number of nitrogens with one attached hydrogen (secondary N) is 1. The predicted octanol–water partition coefficient (Wildman–Crippen LogP) is 3.90. The number of nitrogens with zero attached hydrogens (tertiary/aromatic N) is 3. The van der Waals surface area contributed by atoms with Crippen molar-refractivity contribution in [2.24, 2.45) is 0 Å². The third-order valence-corrected chi connectivity index (χ3v) is 4.31. The average molecular weight is 371 g/mol. The minimum absolute atomic E-state index is 0.402. The second kappa shape index (κ2) is 7.62. The van der Waals surface area contributed by atoms with E-state index in [1.54, 1.807) is 12.4 Å². The van der Waals surface area contributed by atoms with E-state index >= 15 is 0 Å². The number of rotatable bonds is 6. The molecule has 0 aliphatic heterocycles. The Bertz CT molecular complexity index is 768. The fourth-order valence-electron chi connectivity index (χ4n) is 2.56. The van der Waals surface area contributed by atoms with Gasteiger partial charge in [-0.15, -0.1) is 0 Å². The van der Waals surface area contributed by atoms with Crippen molar-refractivity contribution in [2.45, 2.75) is 32.4 Å². The summed E-state index contributed by atoms with van der Waals surface area (Å²) in [7, 11) is 0. The summed E-state index contributed by atoms with van der Waals surface area (Å²) in [5, 5.41) is 6.00. The standard InChI is InChI=1S/C18H19BrN4/c1-13(21-10-16-11-23-18(19)12-22-16)6-7-15-9-20-8-14-4-2-3-5-17(14)15/h2-5,8-9,11-13,21H,6-7,10H2,1H3. The quantitative estimate of drug-likeness (QED) is 0.714. The molecule has 5 heteroatoms. The Labute approximate surface area is 144 Å². The van der Waals surface area contributed by atoms with Crippen LogP contribution in [0.15, 0.2) is 53.7 Å². The average Bonchev–Trinajstić information content (AvgIpc) is 2.59. The van der Waals surface area contributed by atoms with E-state index in [0.717, 1.165) is 29.7 Å². The van der Waals surface area contributed by atoms with Gasteiger partial charge in [0.1, 0.15) is 4.60 Å². The molecule has 0 spiro atoms. The third kappa shape index (κ3) is 4.33. The zero-order chi connectivity index (χ0) is 16.1. The number of aryl methyl sites for hydroxylation is 1. The molecule has 2 aromatic heterocycles. The van der Waals surface area contributed by atoms with Gasteiger partial charge in [0.2, 0.25) is 0 Å². The normalized spacial score (nSPS) is 12.4. The molecule has 0 saturated carbocycles. The van der Waals surface area contributed by atoms with E-state index in [1.807, 2.05) is 12.4 Å². The Kier molecular flexibility index (Phi) is 5.31. The van der Waals surface area contributed by atoms with Gasteiger partial charge >= 0.3 is 0 Å². The van der Waals surface area contributed by atoms with Crippen LogP contribution >= 0.6 is 15.9 Å². The number of halogens is 1. The van der Waals surface area contributed by atoms with E-state index in [1.165, 1.54) is 16.3 Å². The van der Waals surface area contributed by atoms with Gasteiger partial charge in [0.05, 0.1) is 18.1 Å². The highest BCUT2D eigenvalue weighted by Crippen LogP contribution is 2.18. The van der Waals surface area contributed by atoms with Crippen LogP contribution in [0.3, 0.4) is 0 Å². The van der Waals surface area contributed by atoms with Gasteiger partial charge in [-0.2, -0.15) is 0 Å². The zero-order valence-electron chi connectivity index (χ0n) is 13.0. The van der Waals surface area contributed by atoms with E-state index in [-0.39, 0.29) is 0 Å². The van der Waals surface area contributed by atoms with Crippen LogP contribution in [-0.4, -0.2) is 21.0 Å². The lowest BCUT2D eigenvalue weighted by atomic mass is 10.0. The summed E-state index contributed by atoms with van der Waals surface area (Å²) in [5.41, 5.74) is 2.26. The number of hydrogen-bond donors (Lipinski definition) is 1. The lowest BCUT2D eigenvalue weighted by Crippen LogP contribution is -2.26. The van der Waals surface area contributed by atoms with Crippen molar-refractivity contribution < 1.29 is 0 Å². The Balaban J connectivity index is 1.56. The highest BCUT2D eigenvalue weighted by atomic mass is 79.9. The van der Waals surface area contributed by atoms with Gasteiger partial charge in [0, 0.05) is 30.4 Å². The van der Waals surface area contributed by atoms with Gasteiger partial charge in [-0.25, -0.2) is 4.98 Å². The molecule has 0 radical (unpaired) electrons. The van der Waals surface area contributed by atoms with E-state index < -0.39 is 0 Å². The fourth-order valence-corrected chi connectivity index (χ4v) is 2.77. The second-order valence-corrected chi connectivity index (χ2v) is 6.48. The van der Waals surface area contributed by atoms with Crippen molar-refractivity contribution in [1.29, 1.82) is 0 Å². The summed E-state index contributed by atoms with van der Waals surface area (Å²) < 4.78 is 0.762. The minimum atomic E-state index is 0.402. The van der Waals surface area contributed by atoms with Crippen LogP contribution in [0.2, 0.25) is 0 Å². The van der Waals surface area contributed by atoms with Crippen molar-refractivity contribution >= 4 is 26.7 Å². The Morgan fingerprint density at radius 3 is 2.78 bits per heavy atom. The first kappa shape index (κ1) is 16.0. The Morgan fingerprint density at radius 1 is 1.09 bits per heavy atom. The van der Waals surface area contributed by atoms with Gasteiger partial charge < -0.3 is 5.32 Å². The van der Waals surface area contributed by atoms with Crippen LogP contribution in [0, 0.1) is 0 Å². The molecule has 1 N–H and O–H groups in total. The molecule has 0 aliphatic rings. The van der Waals surface area contributed by atoms with Crippen molar-refractivity contribution in [2.75, 3.05) is 0 Å². The minimum Gasteiger partial charge on any atom is -0.309 e. The second-order valence-electron chi connectivity index (χ2n) is 5.67. The first-order chi connectivity index (χ1) is 11.2. The molecule has 1 atom stereocenters. The molecule has 0 amide bonds. The van der Waals surface area contributed by atoms with Crippen LogP contribution in [0.25, 0.3) is 10.8 Å². The van der Waals surface area contributed by atoms with Crippen LogP contribution < -0.4 is 5.32 Å². The van der Waals surface area contributed by atoms with Gasteiger partial charge in [-0.1, -0.05) is 24.3 Å². The first-order valence-corrected chi connectivity index (χ1v) is 8.53. The number of aromatic nitrogens is 3. The lowest BCUT2D eigenvalue weighted by molar-refractivity contribution is 0.509. The van der Waals surface area contributed by atoms with Crippen molar-refractivity contribution in [3.8, 4) is 0 Å². The summed E-state index contributed by atoms with van der Waals surface area (Å²) in [5.74, 6) is 0. The predicted molar refractivity (Wildman–Crippen MR) is 96.1 cm³/mol. The largest absolute Gasteiger partial charge is 0.309 e. The lowest BCUT2D eigenvalue weighted by Gasteiger charge is -2.14. The molecule has 1 aromatic carbocycles. The van der Waals surface area contributed by atoms with E-state index in [9.17, 15) is 0 Å². The maximum absolute atomic E-state index is 4.35. The smallest absolute Gasteiger partial charge is 0.124 e. The van der Waals surface area contributed by atoms with Gasteiger partial charge in [-0.3, -0.25) is 9.97 Å². The van der Waals surface area contributed by atoms with E-state index in [4.69, 9.17) is 0 Å². The number of fused-ring (bicyclic) bond motifs is 1. The maximum atomic E-state index is 4.35. The van der Waals surface area contributed by atoms with Gasteiger partial charge in [0.25, 0.3) is 0 Å². The summed E-state index contributed by atoms with van der Waals surface area (Å²) in [4.78, 5) is 12.9. The molecule has 1 unspecified atom stereocenters. The molecule has 3 aromatic rings. The Morgan fingerprint density at radius 2 is 1.96 bits per heavy atom. The summed E-state index contributed by atoms with van der Waals surface area (Å²) in [6, 6.07) is 8.82. The highest BCUT2D eigenvalue weighted by Gasteiger charge is 2.06. The molecule has 3 rings (SSSR count). The van der Waals surface area contributed by atoms with Gasteiger partial charge in [0.15, 0.2) is 0 Å². The molecule has 0 aliphatic carbocycles. The highest BCUT2D eigenvalue weighted by molar-refractivity contribution is 9.10. The molecule has 4 nitrogen and oxygen atoms in total. The van der Waals surface area contributed by atoms with Crippen molar-refractivity contribution in [3.63, 3.8) is 0 Å². The van der Waals surface area contributed by atoms with Crippen molar-refractivity contribution in [1.82, 2.24) is 20.3 Å². The van der Waals surface area contributed by atoms with E-state index in [0.29, 0.717) is 6.04 Å². The fraction of sp³-hybridized carbons (Fsp3) is 0.278. The van der Waals surface area contributed by atoms with Crippen LogP contribution in [0.5, 0.6) is 0 Å².